The lowest BCUT2D eigenvalue weighted by molar-refractivity contribution is 0.0275. The van der Waals surface area contributed by atoms with Crippen molar-refractivity contribution in [2.45, 2.75) is 20.0 Å². The fraction of sp³-hybridized carbons (Fsp3) is 0.120. The molecule has 3 aromatic carbocycles. The highest BCUT2D eigenvalue weighted by Crippen LogP contribution is 2.25. The lowest BCUT2D eigenvalue weighted by Crippen LogP contribution is -2.22. The first-order chi connectivity index (χ1) is 14.9. The summed E-state index contributed by atoms with van der Waals surface area (Å²) in [6.07, 6.45) is -1.15. The Hall–Kier alpha value is -4.06. The number of carbonyl (C=O) groups excluding carboxylic acids is 2. The van der Waals surface area contributed by atoms with E-state index in [1.54, 1.807) is 48.5 Å². The van der Waals surface area contributed by atoms with E-state index in [2.05, 4.69) is 10.2 Å². The maximum Gasteiger partial charge on any atom is 0.360 e. The molecular weight excluding hydrogens is 392 g/mol. The van der Waals surface area contributed by atoms with Crippen LogP contribution >= 0.6 is 0 Å². The smallest absolute Gasteiger partial charge is 0.360 e. The molecule has 0 aliphatic heterocycles. The first-order valence-electron chi connectivity index (χ1n) is 9.80. The first kappa shape index (κ1) is 20.2. The van der Waals surface area contributed by atoms with E-state index in [1.807, 2.05) is 38.1 Å². The number of Topliss-reactive ketones (excluding diaryl/α,β-unsaturated/α-hetero) is 1. The van der Waals surface area contributed by atoms with E-state index in [-0.39, 0.29) is 11.5 Å². The largest absolute Gasteiger partial charge is 0.444 e. The van der Waals surface area contributed by atoms with Gasteiger partial charge < -0.3 is 4.74 Å². The van der Waals surface area contributed by atoms with Crippen LogP contribution < -0.4 is 5.56 Å². The van der Waals surface area contributed by atoms with Crippen LogP contribution in [0.2, 0.25) is 0 Å². The van der Waals surface area contributed by atoms with Crippen molar-refractivity contribution in [2.75, 3.05) is 0 Å². The molecule has 4 aromatic rings. The van der Waals surface area contributed by atoms with Crippen molar-refractivity contribution in [3.63, 3.8) is 0 Å². The maximum absolute atomic E-state index is 13.3. The molecule has 1 N–H and O–H groups in total. The van der Waals surface area contributed by atoms with Gasteiger partial charge in [-0.1, -0.05) is 77.9 Å². The van der Waals surface area contributed by atoms with Gasteiger partial charge in [-0.25, -0.2) is 9.89 Å². The molecule has 0 aliphatic carbocycles. The van der Waals surface area contributed by atoms with Crippen LogP contribution in [0.15, 0.2) is 77.6 Å². The van der Waals surface area contributed by atoms with Gasteiger partial charge in [-0.05, 0) is 19.9 Å². The molecular formula is C25H20N2O4. The third-order valence-electron chi connectivity index (χ3n) is 5.07. The quantitative estimate of drug-likeness (QED) is 0.389. The number of esters is 1. The van der Waals surface area contributed by atoms with Crippen LogP contribution in [0.25, 0.3) is 10.8 Å². The lowest BCUT2D eigenvalue weighted by atomic mass is 9.98. The van der Waals surface area contributed by atoms with Crippen molar-refractivity contribution in [2.24, 2.45) is 0 Å². The maximum atomic E-state index is 13.3. The van der Waals surface area contributed by atoms with E-state index in [4.69, 9.17) is 4.74 Å². The van der Waals surface area contributed by atoms with Crippen molar-refractivity contribution < 1.29 is 14.3 Å². The van der Waals surface area contributed by atoms with Gasteiger partial charge >= 0.3 is 5.97 Å². The molecule has 1 aromatic heterocycles. The van der Waals surface area contributed by atoms with Gasteiger partial charge in [0.25, 0.3) is 5.56 Å². The van der Waals surface area contributed by atoms with Crippen LogP contribution in [0, 0.1) is 13.8 Å². The second kappa shape index (κ2) is 8.36. The van der Waals surface area contributed by atoms with Crippen molar-refractivity contribution >= 4 is 22.5 Å². The molecule has 154 valence electrons. The average molecular weight is 412 g/mol. The van der Waals surface area contributed by atoms with Crippen molar-refractivity contribution in [3.05, 3.63) is 111 Å². The highest BCUT2D eigenvalue weighted by Gasteiger charge is 2.28. The van der Waals surface area contributed by atoms with Gasteiger partial charge in [0.1, 0.15) is 0 Å². The number of aromatic amines is 1. The summed E-state index contributed by atoms with van der Waals surface area (Å²) in [6, 6.07) is 20.9. The lowest BCUT2D eigenvalue weighted by Gasteiger charge is -2.18. The predicted octanol–water partition coefficient (Wildman–Crippen LogP) is 4.32. The number of rotatable bonds is 5. The number of ether oxygens (including phenoxy) is 1. The number of benzene rings is 3. The number of nitrogens with zero attached hydrogens (tertiary/aromatic N) is 1. The normalized spacial score (nSPS) is 11.8. The van der Waals surface area contributed by atoms with Crippen LogP contribution in [0.3, 0.4) is 0 Å². The summed E-state index contributed by atoms with van der Waals surface area (Å²) in [6.45, 7) is 3.86. The summed E-state index contributed by atoms with van der Waals surface area (Å²) in [5, 5.41) is 6.89. The molecule has 0 spiro atoms. The summed E-state index contributed by atoms with van der Waals surface area (Å²) < 4.78 is 5.68. The van der Waals surface area contributed by atoms with E-state index < -0.39 is 17.6 Å². The van der Waals surface area contributed by atoms with E-state index in [0.717, 1.165) is 11.1 Å². The number of carbonyl (C=O) groups is 2. The summed E-state index contributed by atoms with van der Waals surface area (Å²) in [7, 11) is 0. The highest BCUT2D eigenvalue weighted by molar-refractivity contribution is 6.05. The fourth-order valence-electron chi connectivity index (χ4n) is 3.32. The van der Waals surface area contributed by atoms with Crippen LogP contribution in [-0.2, 0) is 4.74 Å². The number of H-pyrrole nitrogens is 1. The molecule has 0 radical (unpaired) electrons. The first-order valence-corrected chi connectivity index (χ1v) is 9.80. The fourth-order valence-corrected chi connectivity index (χ4v) is 3.32. The van der Waals surface area contributed by atoms with Gasteiger partial charge in [-0.3, -0.25) is 9.59 Å². The molecule has 0 amide bonds. The van der Waals surface area contributed by atoms with Crippen LogP contribution in [-0.4, -0.2) is 21.9 Å². The third-order valence-corrected chi connectivity index (χ3v) is 5.07. The second-order valence-electron chi connectivity index (χ2n) is 7.37. The summed E-state index contributed by atoms with van der Waals surface area (Å²) >= 11 is 0. The highest BCUT2D eigenvalue weighted by atomic mass is 16.5. The Kier molecular flexibility index (Phi) is 5.45. The Labute approximate surface area is 178 Å². The zero-order chi connectivity index (χ0) is 22.0. The number of aromatic nitrogens is 2. The molecule has 1 atom stereocenters. The number of hydrogen-bond acceptors (Lipinski definition) is 5. The minimum atomic E-state index is -1.15. The Bertz CT molecular complexity index is 1320. The van der Waals surface area contributed by atoms with Gasteiger partial charge in [-0.2, -0.15) is 5.10 Å². The van der Waals surface area contributed by atoms with Crippen molar-refractivity contribution in [1.29, 1.82) is 0 Å². The number of nitrogens with one attached hydrogen (secondary N) is 1. The summed E-state index contributed by atoms with van der Waals surface area (Å²) in [4.78, 5) is 38.3. The monoisotopic (exact) mass is 412 g/mol. The number of hydrogen-bond donors (Lipinski definition) is 1. The minimum absolute atomic E-state index is 0.0518. The zero-order valence-corrected chi connectivity index (χ0v) is 17.1. The standard InChI is InChI=1S/C25H20N2O4/c1-15-7-11-17(12-8-15)22(28)23(18-13-9-16(2)10-14-18)31-25(30)21-19-5-3-4-6-20(19)24(29)27-26-21/h3-14,23H,1-2H3,(H,27,29)/t23-/m1/s1. The van der Waals surface area contributed by atoms with Crippen LogP contribution in [0.1, 0.15) is 43.6 Å². The van der Waals surface area contributed by atoms with Gasteiger partial charge in [0.05, 0.1) is 5.39 Å². The molecule has 6 heteroatoms. The summed E-state index contributed by atoms with van der Waals surface area (Å²) in [5.74, 6) is -1.13. The van der Waals surface area contributed by atoms with E-state index in [1.165, 1.54) is 0 Å². The number of ketones is 1. The van der Waals surface area contributed by atoms with Crippen molar-refractivity contribution in [1.82, 2.24) is 10.2 Å². The summed E-state index contributed by atoms with van der Waals surface area (Å²) in [5.41, 5.74) is 2.57. The van der Waals surface area contributed by atoms with Gasteiger partial charge in [0.15, 0.2) is 11.8 Å². The Morgan fingerprint density at radius 3 is 2.06 bits per heavy atom. The average Bonchev–Trinajstić information content (AvgIpc) is 2.78. The zero-order valence-electron chi connectivity index (χ0n) is 17.1. The Morgan fingerprint density at radius 2 is 1.42 bits per heavy atom. The van der Waals surface area contributed by atoms with Gasteiger partial charge in [-0.15, -0.1) is 0 Å². The Morgan fingerprint density at radius 1 is 0.839 bits per heavy atom. The SMILES string of the molecule is Cc1ccc(C(=O)[C@H](OC(=O)c2n[nH]c(=O)c3ccccc23)c2ccc(C)cc2)cc1. The number of fused-ring (bicyclic) bond motifs is 1. The molecule has 0 saturated carbocycles. The molecule has 6 nitrogen and oxygen atoms in total. The molecule has 4 rings (SSSR count). The van der Waals surface area contributed by atoms with Crippen LogP contribution in [0.5, 0.6) is 0 Å². The van der Waals surface area contributed by atoms with E-state index >= 15 is 0 Å². The van der Waals surface area contributed by atoms with E-state index in [0.29, 0.717) is 21.9 Å². The molecule has 1 heterocycles. The van der Waals surface area contributed by atoms with Gasteiger partial charge in [0.2, 0.25) is 5.78 Å². The molecule has 0 saturated heterocycles. The van der Waals surface area contributed by atoms with Gasteiger partial charge in [0, 0.05) is 16.5 Å². The molecule has 0 unspecified atom stereocenters. The topological polar surface area (TPSA) is 89.1 Å². The molecule has 0 aliphatic rings. The predicted molar refractivity (Wildman–Crippen MR) is 117 cm³/mol. The molecule has 0 fully saturated rings. The molecule has 31 heavy (non-hydrogen) atoms. The van der Waals surface area contributed by atoms with Crippen molar-refractivity contribution in [3.8, 4) is 0 Å². The van der Waals surface area contributed by atoms with E-state index in [9.17, 15) is 14.4 Å². The second-order valence-corrected chi connectivity index (χ2v) is 7.37. The Balaban J connectivity index is 1.74. The van der Waals surface area contributed by atoms with Crippen LogP contribution in [0.4, 0.5) is 0 Å². The third kappa shape index (κ3) is 4.14. The minimum Gasteiger partial charge on any atom is -0.444 e. The molecule has 0 bridgehead atoms. The number of aryl methyl sites for hydroxylation is 2.